The Morgan fingerprint density at radius 3 is 2.79 bits per heavy atom. The summed E-state index contributed by atoms with van der Waals surface area (Å²) in [4.78, 5) is 14.6. The monoisotopic (exact) mass is 188 g/mol. The van der Waals surface area contributed by atoms with E-state index in [1.54, 1.807) is 6.92 Å². The molecule has 0 bridgehead atoms. The number of allylic oxidation sites excluding steroid dienone is 1. The van der Waals surface area contributed by atoms with Gasteiger partial charge in [-0.3, -0.25) is 0 Å². The van der Waals surface area contributed by atoms with E-state index in [-0.39, 0.29) is 11.3 Å². The summed E-state index contributed by atoms with van der Waals surface area (Å²) in [5.74, 6) is -1.08. The van der Waals surface area contributed by atoms with Gasteiger partial charge in [-0.1, -0.05) is 6.58 Å². The molecule has 1 aromatic rings. The maximum Gasteiger partial charge on any atom is 0.336 e. The lowest BCUT2D eigenvalue weighted by Crippen LogP contribution is -2.04. The van der Waals surface area contributed by atoms with E-state index < -0.39 is 5.97 Å². The Morgan fingerprint density at radius 1 is 1.71 bits per heavy atom. The van der Waals surface area contributed by atoms with Crippen LogP contribution in [0, 0.1) is 11.3 Å². The summed E-state index contributed by atoms with van der Waals surface area (Å²) in [5, 5.41) is 17.6. The molecule has 4 nitrogen and oxygen atoms in total. The highest BCUT2D eigenvalue weighted by Crippen LogP contribution is 2.19. The van der Waals surface area contributed by atoms with Crippen LogP contribution in [-0.2, 0) is 0 Å². The van der Waals surface area contributed by atoms with Gasteiger partial charge in [0.25, 0.3) is 0 Å². The predicted molar refractivity (Wildman–Crippen MR) is 50.6 cm³/mol. The number of carbonyl (C=O) groups is 1. The number of aromatic carboxylic acids is 1. The molecule has 1 rings (SSSR count). The van der Waals surface area contributed by atoms with Gasteiger partial charge in [-0.15, -0.1) is 0 Å². The van der Waals surface area contributed by atoms with Crippen LogP contribution in [0.25, 0.3) is 5.57 Å². The van der Waals surface area contributed by atoms with E-state index in [1.807, 2.05) is 6.07 Å². The average molecular weight is 188 g/mol. The van der Waals surface area contributed by atoms with Crippen molar-refractivity contribution >= 4 is 11.5 Å². The van der Waals surface area contributed by atoms with E-state index in [4.69, 9.17) is 10.4 Å². The Labute approximate surface area is 81.1 Å². The zero-order valence-electron chi connectivity index (χ0n) is 7.61. The van der Waals surface area contributed by atoms with Crippen molar-refractivity contribution < 1.29 is 9.90 Å². The first-order valence-electron chi connectivity index (χ1n) is 3.86. The van der Waals surface area contributed by atoms with Gasteiger partial charge in [-0.05, 0) is 18.6 Å². The van der Waals surface area contributed by atoms with Gasteiger partial charge >= 0.3 is 5.97 Å². The molecule has 70 valence electrons. The SMILES string of the molecule is C=C(C)c1c(C(=O)O)ccnc1C#N. The van der Waals surface area contributed by atoms with Gasteiger partial charge in [0, 0.05) is 11.8 Å². The first-order valence-corrected chi connectivity index (χ1v) is 3.86. The maximum atomic E-state index is 10.8. The number of nitrogens with zero attached hydrogens (tertiary/aromatic N) is 2. The summed E-state index contributed by atoms with van der Waals surface area (Å²) in [6, 6.07) is 3.19. The smallest absolute Gasteiger partial charge is 0.336 e. The van der Waals surface area contributed by atoms with E-state index in [2.05, 4.69) is 11.6 Å². The molecule has 0 aliphatic carbocycles. The molecule has 4 heteroatoms. The van der Waals surface area contributed by atoms with Crippen molar-refractivity contribution in [1.82, 2.24) is 4.98 Å². The molecule has 0 spiro atoms. The van der Waals surface area contributed by atoms with Crippen LogP contribution in [0.2, 0.25) is 0 Å². The van der Waals surface area contributed by atoms with Crippen LogP contribution >= 0.6 is 0 Å². The van der Waals surface area contributed by atoms with E-state index in [9.17, 15) is 4.79 Å². The molecule has 0 saturated carbocycles. The third kappa shape index (κ3) is 1.62. The lowest BCUT2D eigenvalue weighted by atomic mass is 10.0. The molecule has 14 heavy (non-hydrogen) atoms. The number of rotatable bonds is 2. The van der Waals surface area contributed by atoms with E-state index in [1.165, 1.54) is 12.3 Å². The minimum Gasteiger partial charge on any atom is -0.478 e. The zero-order chi connectivity index (χ0) is 10.7. The van der Waals surface area contributed by atoms with Gasteiger partial charge in [0.2, 0.25) is 0 Å². The van der Waals surface area contributed by atoms with Crippen molar-refractivity contribution in [3.05, 3.63) is 35.7 Å². The van der Waals surface area contributed by atoms with Gasteiger partial charge in [0.1, 0.15) is 11.8 Å². The molecule has 0 saturated heterocycles. The van der Waals surface area contributed by atoms with Gasteiger partial charge < -0.3 is 5.11 Å². The fourth-order valence-corrected chi connectivity index (χ4v) is 1.16. The van der Waals surface area contributed by atoms with Gasteiger partial charge in [-0.25, -0.2) is 9.78 Å². The Kier molecular flexibility index (Phi) is 2.63. The van der Waals surface area contributed by atoms with Crippen molar-refractivity contribution in [3.8, 4) is 6.07 Å². The van der Waals surface area contributed by atoms with E-state index in [0.29, 0.717) is 11.1 Å². The second-order valence-electron chi connectivity index (χ2n) is 2.78. The maximum absolute atomic E-state index is 10.8. The molecule has 0 aliphatic rings. The van der Waals surface area contributed by atoms with Crippen LogP contribution in [0.5, 0.6) is 0 Å². The second kappa shape index (κ2) is 3.71. The normalized spacial score (nSPS) is 9.14. The highest BCUT2D eigenvalue weighted by atomic mass is 16.4. The van der Waals surface area contributed by atoms with Crippen molar-refractivity contribution in [2.75, 3.05) is 0 Å². The molecular formula is C10H8N2O2. The number of hydrogen-bond acceptors (Lipinski definition) is 3. The van der Waals surface area contributed by atoms with Crippen LogP contribution in [0.4, 0.5) is 0 Å². The van der Waals surface area contributed by atoms with Crippen molar-refractivity contribution in [3.63, 3.8) is 0 Å². The predicted octanol–water partition coefficient (Wildman–Crippen LogP) is 1.68. The molecule has 0 aliphatic heterocycles. The molecule has 0 radical (unpaired) electrons. The fourth-order valence-electron chi connectivity index (χ4n) is 1.16. The fraction of sp³-hybridized carbons (Fsp3) is 0.100. The molecule has 0 fully saturated rings. The van der Waals surface area contributed by atoms with Gasteiger partial charge in [0.05, 0.1) is 5.56 Å². The Balaban J connectivity index is 3.53. The number of nitriles is 1. The summed E-state index contributed by atoms with van der Waals surface area (Å²) in [5.41, 5.74) is 0.982. The molecule has 1 N–H and O–H groups in total. The molecule has 0 atom stereocenters. The third-order valence-electron chi connectivity index (χ3n) is 1.71. The summed E-state index contributed by atoms with van der Waals surface area (Å²) in [7, 11) is 0. The van der Waals surface area contributed by atoms with Gasteiger partial charge in [-0.2, -0.15) is 5.26 Å². The van der Waals surface area contributed by atoms with Crippen molar-refractivity contribution in [1.29, 1.82) is 5.26 Å². The van der Waals surface area contributed by atoms with Crippen LogP contribution in [0.1, 0.15) is 28.5 Å². The van der Waals surface area contributed by atoms with Gasteiger partial charge in [0.15, 0.2) is 0 Å². The largest absolute Gasteiger partial charge is 0.478 e. The number of hydrogen-bond donors (Lipinski definition) is 1. The highest BCUT2D eigenvalue weighted by Gasteiger charge is 2.14. The lowest BCUT2D eigenvalue weighted by Gasteiger charge is -2.05. The summed E-state index contributed by atoms with van der Waals surface area (Å²) in [6.45, 7) is 5.27. The van der Waals surface area contributed by atoms with E-state index >= 15 is 0 Å². The zero-order valence-corrected chi connectivity index (χ0v) is 7.61. The molecular weight excluding hydrogens is 180 g/mol. The highest BCUT2D eigenvalue weighted by molar-refractivity contribution is 5.94. The minimum atomic E-state index is -1.08. The minimum absolute atomic E-state index is 0.0593. The molecule has 1 aromatic heterocycles. The molecule has 0 amide bonds. The third-order valence-corrected chi connectivity index (χ3v) is 1.71. The van der Waals surface area contributed by atoms with E-state index in [0.717, 1.165) is 0 Å². The standard InChI is InChI=1S/C10H8N2O2/c1-6(2)9-7(10(13)14)3-4-12-8(9)5-11/h3-4H,1H2,2H3,(H,13,14). The number of pyridine rings is 1. The second-order valence-corrected chi connectivity index (χ2v) is 2.78. The molecule has 1 heterocycles. The molecule has 0 aromatic carbocycles. The first-order chi connectivity index (χ1) is 6.57. The van der Waals surface area contributed by atoms with Crippen LogP contribution < -0.4 is 0 Å². The Morgan fingerprint density at radius 2 is 2.36 bits per heavy atom. The Bertz CT molecular complexity index is 444. The summed E-state index contributed by atoms with van der Waals surface area (Å²) in [6.07, 6.45) is 1.30. The molecule has 0 unspecified atom stereocenters. The van der Waals surface area contributed by atoms with Crippen LogP contribution in [-0.4, -0.2) is 16.1 Å². The Hall–Kier alpha value is -2.15. The lowest BCUT2D eigenvalue weighted by molar-refractivity contribution is 0.0696. The summed E-state index contributed by atoms with van der Waals surface area (Å²) >= 11 is 0. The number of carboxylic acids is 1. The topological polar surface area (TPSA) is 74.0 Å². The quantitative estimate of drug-likeness (QED) is 0.766. The number of aromatic nitrogens is 1. The van der Waals surface area contributed by atoms with Crippen LogP contribution in [0.15, 0.2) is 18.8 Å². The van der Waals surface area contributed by atoms with Crippen molar-refractivity contribution in [2.24, 2.45) is 0 Å². The number of carboxylic acid groups (broad SMARTS) is 1. The average Bonchev–Trinajstić information content (AvgIpc) is 2.16. The van der Waals surface area contributed by atoms with Crippen LogP contribution in [0.3, 0.4) is 0 Å². The van der Waals surface area contributed by atoms with Crippen molar-refractivity contribution in [2.45, 2.75) is 6.92 Å². The first kappa shape index (κ1) is 9.93. The summed E-state index contributed by atoms with van der Waals surface area (Å²) < 4.78 is 0.